The molecule has 2 aromatic rings. The van der Waals surface area contributed by atoms with Gasteiger partial charge in [0.05, 0.1) is 23.9 Å². The number of ether oxygens (including phenoxy) is 2. The molecule has 0 atom stereocenters. The molecule has 1 aliphatic rings. The molecule has 0 unspecified atom stereocenters. The van der Waals surface area contributed by atoms with Gasteiger partial charge in [0.1, 0.15) is 0 Å². The first kappa shape index (κ1) is 21.1. The van der Waals surface area contributed by atoms with Gasteiger partial charge in [0, 0.05) is 32.3 Å². The molecule has 5 nitrogen and oxygen atoms in total. The van der Waals surface area contributed by atoms with Crippen LogP contribution in [-0.4, -0.2) is 50.2 Å². The number of para-hydroxylation sites is 1. The average Bonchev–Trinajstić information content (AvgIpc) is 2.73. The highest BCUT2D eigenvalue weighted by Crippen LogP contribution is 2.29. The molecule has 1 saturated heterocycles. The van der Waals surface area contributed by atoms with Crippen LogP contribution < -0.4 is 14.4 Å². The van der Waals surface area contributed by atoms with Gasteiger partial charge in [0.25, 0.3) is 0 Å². The van der Waals surface area contributed by atoms with Crippen molar-refractivity contribution in [1.82, 2.24) is 4.90 Å². The van der Waals surface area contributed by atoms with Crippen LogP contribution in [0.15, 0.2) is 48.5 Å². The van der Waals surface area contributed by atoms with Crippen molar-refractivity contribution < 1.29 is 14.3 Å². The number of nitrogens with zero attached hydrogens (tertiary/aromatic N) is 2. The second-order valence-electron chi connectivity index (χ2n) is 7.17. The van der Waals surface area contributed by atoms with Crippen LogP contribution >= 0.6 is 11.6 Å². The van der Waals surface area contributed by atoms with Crippen molar-refractivity contribution in [1.29, 1.82) is 0 Å². The quantitative estimate of drug-likeness (QED) is 0.653. The van der Waals surface area contributed by atoms with Crippen molar-refractivity contribution in [2.45, 2.75) is 20.0 Å². The predicted molar refractivity (Wildman–Crippen MR) is 118 cm³/mol. The van der Waals surface area contributed by atoms with Crippen LogP contribution in [0.5, 0.6) is 11.5 Å². The highest BCUT2D eigenvalue weighted by Gasteiger charge is 2.21. The number of carbonyl (C=O) groups is 1. The summed E-state index contributed by atoms with van der Waals surface area (Å²) in [6.07, 6.45) is 3.49. The Morgan fingerprint density at radius 3 is 2.45 bits per heavy atom. The normalized spacial score (nSPS) is 14.5. The lowest BCUT2D eigenvalue weighted by molar-refractivity contribution is -0.126. The first-order valence-electron chi connectivity index (χ1n) is 9.79. The van der Waals surface area contributed by atoms with Crippen LogP contribution in [0.4, 0.5) is 5.69 Å². The first-order chi connectivity index (χ1) is 14.0. The maximum Gasteiger partial charge on any atom is 0.246 e. The van der Waals surface area contributed by atoms with E-state index in [1.165, 1.54) is 0 Å². The van der Waals surface area contributed by atoms with Gasteiger partial charge in [0.2, 0.25) is 5.91 Å². The lowest BCUT2D eigenvalue weighted by atomic mass is 10.1. The number of benzene rings is 2. The van der Waals surface area contributed by atoms with Crippen LogP contribution in [0.2, 0.25) is 5.02 Å². The van der Waals surface area contributed by atoms with E-state index in [2.05, 4.69) is 4.90 Å². The number of piperazine rings is 1. The molecule has 0 saturated carbocycles. The minimum atomic E-state index is 0.00489. The van der Waals surface area contributed by atoms with Crippen molar-refractivity contribution in [2.24, 2.45) is 0 Å². The average molecular weight is 415 g/mol. The first-order valence-corrected chi connectivity index (χ1v) is 10.2. The van der Waals surface area contributed by atoms with Crippen molar-refractivity contribution in [3.63, 3.8) is 0 Å². The zero-order chi connectivity index (χ0) is 20.8. The third-order valence-electron chi connectivity index (χ3n) is 4.75. The summed E-state index contributed by atoms with van der Waals surface area (Å²) in [7, 11) is 1.61. The van der Waals surface area contributed by atoms with E-state index < -0.39 is 0 Å². The fourth-order valence-corrected chi connectivity index (χ4v) is 3.54. The molecule has 1 heterocycles. The Bertz CT molecular complexity index is 874. The zero-order valence-corrected chi connectivity index (χ0v) is 17.9. The molecule has 1 fully saturated rings. The Labute approximate surface area is 177 Å². The molecule has 1 amide bonds. The summed E-state index contributed by atoms with van der Waals surface area (Å²) in [6.45, 7) is 6.79. The summed E-state index contributed by atoms with van der Waals surface area (Å²) >= 11 is 6.29. The minimum absolute atomic E-state index is 0.00489. The number of amides is 1. The molecule has 0 radical (unpaired) electrons. The SMILES string of the molecule is COc1cc(/C=C/C(=O)N2CCN(c3ccccc3Cl)CC2)ccc1OC(C)C. The summed E-state index contributed by atoms with van der Waals surface area (Å²) in [5.41, 5.74) is 1.91. The van der Waals surface area contributed by atoms with Crippen LogP contribution in [0.1, 0.15) is 19.4 Å². The van der Waals surface area contributed by atoms with Crippen LogP contribution in [0.25, 0.3) is 6.08 Å². The summed E-state index contributed by atoms with van der Waals surface area (Å²) < 4.78 is 11.1. The van der Waals surface area contributed by atoms with Gasteiger partial charge in [-0.1, -0.05) is 29.8 Å². The molecule has 154 valence electrons. The van der Waals surface area contributed by atoms with Gasteiger partial charge in [-0.15, -0.1) is 0 Å². The number of rotatable bonds is 6. The van der Waals surface area contributed by atoms with Crippen molar-refractivity contribution in [3.8, 4) is 11.5 Å². The minimum Gasteiger partial charge on any atom is -0.493 e. The number of anilines is 1. The molecule has 0 aromatic heterocycles. The summed E-state index contributed by atoms with van der Waals surface area (Å²) in [5.74, 6) is 1.36. The Hall–Kier alpha value is -2.66. The number of carbonyl (C=O) groups excluding carboxylic acids is 1. The van der Waals surface area contributed by atoms with Crippen LogP contribution in [-0.2, 0) is 4.79 Å². The molecule has 0 spiro atoms. The molecule has 1 aliphatic heterocycles. The van der Waals surface area contributed by atoms with E-state index in [-0.39, 0.29) is 12.0 Å². The van der Waals surface area contributed by atoms with E-state index in [1.54, 1.807) is 13.2 Å². The summed E-state index contributed by atoms with van der Waals surface area (Å²) in [4.78, 5) is 16.7. The van der Waals surface area contributed by atoms with Gasteiger partial charge in [-0.3, -0.25) is 4.79 Å². The molecular formula is C23H27ClN2O3. The molecular weight excluding hydrogens is 388 g/mol. The highest BCUT2D eigenvalue weighted by atomic mass is 35.5. The maximum absolute atomic E-state index is 12.6. The standard InChI is InChI=1S/C23H27ClN2O3/c1-17(2)29-21-10-8-18(16-22(21)28-3)9-11-23(27)26-14-12-25(13-15-26)20-7-5-4-6-19(20)24/h4-11,16-17H,12-15H2,1-3H3/b11-9+. The van der Waals surface area contributed by atoms with Gasteiger partial charge in [-0.05, 0) is 49.8 Å². The molecule has 0 N–H and O–H groups in total. The van der Waals surface area contributed by atoms with Gasteiger partial charge in [-0.2, -0.15) is 0 Å². The Morgan fingerprint density at radius 1 is 1.07 bits per heavy atom. The Morgan fingerprint density at radius 2 is 1.79 bits per heavy atom. The third-order valence-corrected chi connectivity index (χ3v) is 5.07. The van der Waals surface area contributed by atoms with Gasteiger partial charge >= 0.3 is 0 Å². The largest absolute Gasteiger partial charge is 0.493 e. The van der Waals surface area contributed by atoms with E-state index in [0.29, 0.717) is 24.6 Å². The fourth-order valence-electron chi connectivity index (χ4n) is 3.29. The lowest BCUT2D eigenvalue weighted by Crippen LogP contribution is -2.48. The van der Waals surface area contributed by atoms with E-state index in [9.17, 15) is 4.79 Å². The van der Waals surface area contributed by atoms with Gasteiger partial charge in [-0.25, -0.2) is 0 Å². The molecule has 0 bridgehead atoms. The molecule has 2 aromatic carbocycles. The number of hydrogen-bond donors (Lipinski definition) is 0. The monoisotopic (exact) mass is 414 g/mol. The predicted octanol–water partition coefficient (Wildman–Crippen LogP) is 4.50. The van der Waals surface area contributed by atoms with E-state index >= 15 is 0 Å². The topological polar surface area (TPSA) is 42.0 Å². The smallest absolute Gasteiger partial charge is 0.246 e. The van der Waals surface area contributed by atoms with Crippen molar-refractivity contribution in [3.05, 3.63) is 59.1 Å². The van der Waals surface area contributed by atoms with Crippen molar-refractivity contribution >= 4 is 29.3 Å². The van der Waals surface area contributed by atoms with Gasteiger partial charge in [0.15, 0.2) is 11.5 Å². The van der Waals surface area contributed by atoms with Crippen LogP contribution in [0, 0.1) is 0 Å². The molecule has 29 heavy (non-hydrogen) atoms. The third kappa shape index (κ3) is 5.45. The summed E-state index contributed by atoms with van der Waals surface area (Å²) in [5, 5.41) is 0.742. The zero-order valence-electron chi connectivity index (χ0n) is 17.1. The molecule has 6 heteroatoms. The van der Waals surface area contributed by atoms with Gasteiger partial charge < -0.3 is 19.3 Å². The van der Waals surface area contributed by atoms with E-state index in [0.717, 1.165) is 29.4 Å². The number of halogens is 1. The van der Waals surface area contributed by atoms with Crippen LogP contribution in [0.3, 0.4) is 0 Å². The number of hydrogen-bond acceptors (Lipinski definition) is 4. The van der Waals surface area contributed by atoms with Crippen molar-refractivity contribution in [2.75, 3.05) is 38.2 Å². The second-order valence-corrected chi connectivity index (χ2v) is 7.58. The van der Waals surface area contributed by atoms with E-state index in [4.69, 9.17) is 21.1 Å². The Kier molecular flexibility index (Phi) is 7.04. The highest BCUT2D eigenvalue weighted by molar-refractivity contribution is 6.33. The van der Waals surface area contributed by atoms with E-state index in [1.807, 2.05) is 67.3 Å². The molecule has 0 aliphatic carbocycles. The Balaban J connectivity index is 1.59. The summed E-state index contributed by atoms with van der Waals surface area (Å²) in [6, 6.07) is 13.5. The fraction of sp³-hybridized carbons (Fsp3) is 0.348. The second kappa shape index (κ2) is 9.70. The lowest BCUT2D eigenvalue weighted by Gasteiger charge is -2.36. The number of methoxy groups -OCH3 is 1. The molecule has 3 rings (SSSR count). The maximum atomic E-state index is 12.6.